The number of rotatable bonds is 7. The van der Waals surface area contributed by atoms with E-state index in [1.165, 1.54) is 5.56 Å². The quantitative estimate of drug-likeness (QED) is 0.295. The minimum atomic E-state index is 0.620. The zero-order valence-electron chi connectivity index (χ0n) is 19.0. The molecule has 1 N–H and O–H groups in total. The Balaban J connectivity index is 1.48. The Morgan fingerprint density at radius 3 is 2.68 bits per heavy atom. The largest absolute Gasteiger partial charge is 0.359 e. The Hall–Kier alpha value is -4.09. The number of aryl methyl sites for hydroxylation is 2. The van der Waals surface area contributed by atoms with Gasteiger partial charge in [0.2, 0.25) is 5.69 Å². The molecule has 7 nitrogen and oxygen atoms in total. The second kappa shape index (κ2) is 9.41. The monoisotopic (exact) mass is 465 g/mol. The van der Waals surface area contributed by atoms with Crippen LogP contribution >= 0.6 is 11.3 Å². The maximum Gasteiger partial charge on any atom is 0.230 e. The molecule has 0 aliphatic heterocycles. The van der Waals surface area contributed by atoms with Crippen LogP contribution in [-0.2, 0) is 6.42 Å². The zero-order valence-corrected chi connectivity index (χ0v) is 19.8. The summed E-state index contributed by atoms with van der Waals surface area (Å²) in [6.45, 7) is 10.1. The van der Waals surface area contributed by atoms with Crippen molar-refractivity contribution in [3.8, 4) is 22.0 Å². The first-order chi connectivity index (χ1) is 16.6. The van der Waals surface area contributed by atoms with Gasteiger partial charge < -0.3 is 4.90 Å². The van der Waals surface area contributed by atoms with E-state index in [-0.39, 0.29) is 0 Å². The molecular weight excluding hydrogens is 442 g/mol. The summed E-state index contributed by atoms with van der Waals surface area (Å²) in [5.41, 5.74) is 4.20. The van der Waals surface area contributed by atoms with Gasteiger partial charge in [0, 0.05) is 30.4 Å². The average molecular weight is 466 g/mol. The molecule has 168 valence electrons. The molecule has 0 unspecified atom stereocenters. The lowest BCUT2D eigenvalue weighted by Crippen LogP contribution is -2.21. The summed E-state index contributed by atoms with van der Waals surface area (Å²) in [4.78, 5) is 22.1. The molecule has 0 fully saturated rings. The number of thiophene rings is 1. The number of nitrogens with zero attached hydrogens (tertiary/aromatic N) is 6. The molecule has 34 heavy (non-hydrogen) atoms. The van der Waals surface area contributed by atoms with Gasteiger partial charge in [0.05, 0.1) is 17.7 Å². The van der Waals surface area contributed by atoms with Gasteiger partial charge in [-0.25, -0.2) is 14.8 Å². The van der Waals surface area contributed by atoms with Crippen molar-refractivity contribution in [3.63, 3.8) is 0 Å². The van der Waals surface area contributed by atoms with Crippen molar-refractivity contribution >= 4 is 33.1 Å². The van der Waals surface area contributed by atoms with Crippen LogP contribution < -0.4 is 4.90 Å². The first kappa shape index (κ1) is 21.7. The summed E-state index contributed by atoms with van der Waals surface area (Å²) < 4.78 is 0. The van der Waals surface area contributed by atoms with E-state index in [1.807, 2.05) is 43.3 Å². The fraction of sp³-hybridized carbons (Fsp3) is 0.192. The predicted molar refractivity (Wildman–Crippen MR) is 137 cm³/mol. The summed E-state index contributed by atoms with van der Waals surface area (Å²) in [6.07, 6.45) is 3.34. The molecule has 0 radical (unpaired) electrons. The smallest absolute Gasteiger partial charge is 0.230 e. The normalized spacial score (nSPS) is 11.0. The van der Waals surface area contributed by atoms with Gasteiger partial charge in [-0.15, -0.1) is 11.3 Å². The fourth-order valence-corrected chi connectivity index (χ4v) is 4.97. The molecule has 0 amide bonds. The number of aromatic nitrogens is 5. The van der Waals surface area contributed by atoms with Crippen LogP contribution in [0.5, 0.6) is 0 Å². The number of H-pyrrole nitrogens is 1. The van der Waals surface area contributed by atoms with E-state index >= 15 is 0 Å². The van der Waals surface area contributed by atoms with Gasteiger partial charge in [-0.2, -0.15) is 5.10 Å². The first-order valence-corrected chi connectivity index (χ1v) is 11.9. The van der Waals surface area contributed by atoms with Crippen LogP contribution in [0.15, 0.2) is 60.8 Å². The molecule has 0 spiro atoms. The van der Waals surface area contributed by atoms with Crippen molar-refractivity contribution in [2.75, 3.05) is 18.5 Å². The zero-order chi connectivity index (χ0) is 23.5. The molecule has 1 aromatic carbocycles. The highest BCUT2D eigenvalue weighted by molar-refractivity contribution is 7.22. The Morgan fingerprint density at radius 2 is 1.91 bits per heavy atom. The lowest BCUT2D eigenvalue weighted by Gasteiger charge is -2.19. The number of hydrogen-bond acceptors (Lipinski definition) is 6. The molecule has 5 rings (SSSR count). The number of fused-ring (bicyclic) bond motifs is 1. The third-order valence-corrected chi connectivity index (χ3v) is 6.77. The highest BCUT2D eigenvalue weighted by atomic mass is 32.1. The molecule has 0 atom stereocenters. The Labute approximate surface area is 202 Å². The summed E-state index contributed by atoms with van der Waals surface area (Å²) in [5.74, 6) is 1.50. The molecule has 5 aromatic rings. The van der Waals surface area contributed by atoms with Crippen LogP contribution in [-0.4, -0.2) is 38.7 Å². The standard InChI is InChI=1S/C26H23N7S/c1-17-23(27-2)20(32-31-17)13-9-15-33(3)25-19-16-22(18-10-5-4-6-11-18)34-26(19)30-24(29-25)21-12-7-8-14-28-21/h4-8,10-12,14,16H,9,13,15H2,1,3H3,(H,31,32). The van der Waals surface area contributed by atoms with E-state index in [2.05, 4.69) is 50.2 Å². The van der Waals surface area contributed by atoms with Crippen molar-refractivity contribution in [2.45, 2.75) is 19.8 Å². The minimum absolute atomic E-state index is 0.620. The first-order valence-electron chi connectivity index (χ1n) is 11.0. The summed E-state index contributed by atoms with van der Waals surface area (Å²) in [5, 5.41) is 8.26. The van der Waals surface area contributed by atoms with Crippen molar-refractivity contribution in [3.05, 3.63) is 83.6 Å². The van der Waals surface area contributed by atoms with Gasteiger partial charge in [0.1, 0.15) is 16.3 Å². The van der Waals surface area contributed by atoms with Gasteiger partial charge in [-0.1, -0.05) is 36.4 Å². The number of benzene rings is 1. The average Bonchev–Trinajstić information content (AvgIpc) is 3.47. The van der Waals surface area contributed by atoms with Crippen molar-refractivity contribution in [1.82, 2.24) is 25.1 Å². The molecule has 0 bridgehead atoms. The fourth-order valence-electron chi connectivity index (χ4n) is 3.94. The van der Waals surface area contributed by atoms with E-state index in [9.17, 15) is 0 Å². The minimum Gasteiger partial charge on any atom is -0.359 e. The van der Waals surface area contributed by atoms with E-state index in [4.69, 9.17) is 16.5 Å². The van der Waals surface area contributed by atoms with E-state index in [0.717, 1.165) is 57.4 Å². The molecule has 0 aliphatic rings. The Bertz CT molecular complexity index is 1470. The third kappa shape index (κ3) is 4.26. The Kier molecular flexibility index (Phi) is 6.02. The van der Waals surface area contributed by atoms with Gasteiger partial charge in [-0.05, 0) is 43.5 Å². The number of pyridine rings is 1. The van der Waals surface area contributed by atoms with Crippen LogP contribution in [0.25, 0.3) is 37.0 Å². The van der Waals surface area contributed by atoms with Gasteiger partial charge >= 0.3 is 0 Å². The molecule has 4 heterocycles. The lowest BCUT2D eigenvalue weighted by molar-refractivity contribution is 0.763. The van der Waals surface area contributed by atoms with Crippen molar-refractivity contribution in [2.24, 2.45) is 0 Å². The third-order valence-electron chi connectivity index (χ3n) is 5.69. The maximum absolute atomic E-state index is 7.40. The SMILES string of the molecule is [C-]#[N+]c1c(CCCN(C)c2nc(-c3ccccn3)nc3sc(-c4ccccc4)cc23)n[nH]c1C. The van der Waals surface area contributed by atoms with E-state index in [0.29, 0.717) is 11.5 Å². The summed E-state index contributed by atoms with van der Waals surface area (Å²) >= 11 is 1.67. The number of nitrogens with one attached hydrogen (secondary N) is 1. The summed E-state index contributed by atoms with van der Waals surface area (Å²) in [6, 6.07) is 18.3. The highest BCUT2D eigenvalue weighted by Crippen LogP contribution is 2.37. The molecule has 8 heteroatoms. The number of hydrogen-bond donors (Lipinski definition) is 1. The van der Waals surface area contributed by atoms with Crippen LogP contribution in [0.4, 0.5) is 11.5 Å². The van der Waals surface area contributed by atoms with Gasteiger partial charge in [-0.3, -0.25) is 10.1 Å². The number of aromatic amines is 1. The van der Waals surface area contributed by atoms with Crippen LogP contribution in [0.2, 0.25) is 0 Å². The topological polar surface area (TPSA) is 75.0 Å². The molecular formula is C26H23N7S. The van der Waals surface area contributed by atoms with E-state index in [1.54, 1.807) is 17.5 Å². The lowest BCUT2D eigenvalue weighted by atomic mass is 10.1. The summed E-state index contributed by atoms with van der Waals surface area (Å²) in [7, 11) is 2.05. The number of anilines is 1. The van der Waals surface area contributed by atoms with E-state index < -0.39 is 0 Å². The van der Waals surface area contributed by atoms with Crippen LogP contribution in [0.3, 0.4) is 0 Å². The predicted octanol–water partition coefficient (Wildman–Crippen LogP) is 6.07. The second-order valence-electron chi connectivity index (χ2n) is 8.06. The highest BCUT2D eigenvalue weighted by Gasteiger charge is 2.18. The molecule has 0 aliphatic carbocycles. The molecule has 4 aromatic heterocycles. The second-order valence-corrected chi connectivity index (χ2v) is 9.09. The maximum atomic E-state index is 7.40. The van der Waals surface area contributed by atoms with Crippen LogP contribution in [0.1, 0.15) is 17.8 Å². The molecule has 0 saturated carbocycles. The van der Waals surface area contributed by atoms with Crippen molar-refractivity contribution < 1.29 is 0 Å². The molecule has 0 saturated heterocycles. The van der Waals surface area contributed by atoms with Gasteiger partial charge in [0.15, 0.2) is 5.82 Å². The van der Waals surface area contributed by atoms with Gasteiger partial charge in [0.25, 0.3) is 0 Å². The van der Waals surface area contributed by atoms with Crippen LogP contribution in [0, 0.1) is 13.5 Å². The Morgan fingerprint density at radius 1 is 1.09 bits per heavy atom. The van der Waals surface area contributed by atoms with Crippen molar-refractivity contribution in [1.29, 1.82) is 0 Å².